The van der Waals surface area contributed by atoms with Gasteiger partial charge in [0.25, 0.3) is 0 Å². The molecule has 0 aromatic heterocycles. The normalized spacial score (nSPS) is 11.0. The van der Waals surface area contributed by atoms with Gasteiger partial charge in [-0.2, -0.15) is 0 Å². The fourth-order valence-corrected chi connectivity index (χ4v) is 9.08. The van der Waals surface area contributed by atoms with Crippen LogP contribution in [0.4, 0.5) is 34.1 Å². The van der Waals surface area contributed by atoms with E-state index in [1.54, 1.807) is 0 Å². The Morgan fingerprint density at radius 3 is 0.611 bits per heavy atom. The van der Waals surface area contributed by atoms with E-state index in [0.717, 1.165) is 101 Å². The van der Waals surface area contributed by atoms with Gasteiger partial charge in [-0.25, -0.2) is 0 Å². The van der Waals surface area contributed by atoms with Gasteiger partial charge in [-0.05, 0) is 119 Å². The van der Waals surface area contributed by atoms with Crippen LogP contribution in [0.15, 0.2) is 267 Å². The maximum absolute atomic E-state index is 6.18. The molecule has 72 heavy (non-hydrogen) atoms. The third-order valence-electron chi connectivity index (χ3n) is 12.7. The van der Waals surface area contributed by atoms with Gasteiger partial charge in [-0.15, -0.1) is 0 Å². The van der Waals surface area contributed by atoms with E-state index in [1.807, 2.05) is 121 Å². The Morgan fingerprint density at radius 1 is 0.208 bits per heavy atom. The van der Waals surface area contributed by atoms with Crippen molar-refractivity contribution in [1.82, 2.24) is 0 Å². The van der Waals surface area contributed by atoms with Crippen LogP contribution in [0.3, 0.4) is 0 Å². The first-order valence-corrected chi connectivity index (χ1v) is 24.3. The maximum Gasteiger partial charge on any atom is 0.119 e. The highest BCUT2D eigenvalue weighted by atomic mass is 16.5. The van der Waals surface area contributed by atoms with E-state index in [-0.39, 0.29) is 0 Å². The first-order chi connectivity index (χ1) is 35.7. The summed E-state index contributed by atoms with van der Waals surface area (Å²) in [7, 11) is 0. The molecule has 6 heteroatoms. The fraction of sp³-hybridized carbons (Fsp3) is 0.0606. The summed E-state index contributed by atoms with van der Waals surface area (Å²) in [6, 6.07) is 92.3. The van der Waals surface area contributed by atoms with Crippen molar-refractivity contribution in [2.75, 3.05) is 9.80 Å². The van der Waals surface area contributed by atoms with E-state index < -0.39 is 0 Å². The van der Waals surface area contributed by atoms with Crippen LogP contribution in [0.25, 0.3) is 21.5 Å². The number of fused-ring (bicyclic) bond motifs is 2. The van der Waals surface area contributed by atoms with Gasteiger partial charge in [0.05, 0.1) is 11.4 Å². The molecule has 0 saturated carbocycles. The summed E-state index contributed by atoms with van der Waals surface area (Å²) in [5.74, 6) is 3.36. The van der Waals surface area contributed by atoms with E-state index >= 15 is 0 Å². The third-order valence-corrected chi connectivity index (χ3v) is 12.7. The molecular weight excluding hydrogens is 885 g/mol. The van der Waals surface area contributed by atoms with Crippen molar-refractivity contribution < 1.29 is 18.9 Å². The second kappa shape index (κ2) is 21.6. The van der Waals surface area contributed by atoms with Crippen LogP contribution in [0.5, 0.6) is 23.0 Å². The summed E-state index contributed by atoms with van der Waals surface area (Å²) in [5.41, 5.74) is 10.5. The Kier molecular flexibility index (Phi) is 13.5. The monoisotopic (exact) mass is 936 g/mol. The van der Waals surface area contributed by atoms with Crippen molar-refractivity contribution in [2.24, 2.45) is 0 Å². The van der Waals surface area contributed by atoms with E-state index in [9.17, 15) is 0 Å². The van der Waals surface area contributed by atoms with E-state index in [1.165, 1.54) is 0 Å². The lowest BCUT2D eigenvalue weighted by molar-refractivity contribution is 0.306. The van der Waals surface area contributed by atoms with Crippen LogP contribution in [0.1, 0.15) is 22.3 Å². The first-order valence-electron chi connectivity index (χ1n) is 24.3. The molecule has 350 valence electrons. The van der Waals surface area contributed by atoms with Gasteiger partial charge in [-0.3, -0.25) is 0 Å². The van der Waals surface area contributed by atoms with Gasteiger partial charge in [0.2, 0.25) is 0 Å². The molecule has 11 aromatic rings. The summed E-state index contributed by atoms with van der Waals surface area (Å²) in [6.07, 6.45) is 0. The van der Waals surface area contributed by atoms with Crippen LogP contribution in [-0.2, 0) is 26.4 Å². The van der Waals surface area contributed by atoms with E-state index in [2.05, 4.69) is 155 Å². The van der Waals surface area contributed by atoms with Gasteiger partial charge in [-0.1, -0.05) is 170 Å². The lowest BCUT2D eigenvalue weighted by Crippen LogP contribution is -2.15. The van der Waals surface area contributed by atoms with Crippen molar-refractivity contribution in [3.8, 4) is 23.0 Å². The maximum atomic E-state index is 6.18. The largest absolute Gasteiger partial charge is 0.489 e. The molecule has 0 aliphatic carbocycles. The minimum absolute atomic E-state index is 0.457. The fourth-order valence-electron chi connectivity index (χ4n) is 9.08. The number of rotatable bonds is 18. The smallest absolute Gasteiger partial charge is 0.119 e. The van der Waals surface area contributed by atoms with Gasteiger partial charge in [0.1, 0.15) is 49.4 Å². The Balaban J connectivity index is 1.03. The summed E-state index contributed by atoms with van der Waals surface area (Å²) in [5, 5.41) is 4.41. The van der Waals surface area contributed by atoms with Crippen molar-refractivity contribution in [3.05, 3.63) is 289 Å². The molecule has 0 unspecified atom stereocenters. The van der Waals surface area contributed by atoms with Gasteiger partial charge in [0, 0.05) is 44.3 Å². The SMILES string of the molecule is c1ccc(OCc2ccc(N(c3ccc(COc4ccccc4)cc3)c3c4ccccc4c(N(c4ccc(COc5ccccc5)cc4)c4ccc(COc5ccccc5)cc4)c4ccccc34)cc2)cc1. The molecule has 11 aromatic carbocycles. The topological polar surface area (TPSA) is 43.4 Å². The zero-order valence-corrected chi connectivity index (χ0v) is 39.8. The summed E-state index contributed by atoms with van der Waals surface area (Å²) in [4.78, 5) is 4.79. The number of benzene rings is 11. The molecule has 0 aliphatic rings. The highest BCUT2D eigenvalue weighted by Crippen LogP contribution is 2.51. The minimum atomic E-state index is 0.457. The summed E-state index contributed by atoms with van der Waals surface area (Å²) < 4.78 is 24.7. The second-order valence-electron chi connectivity index (χ2n) is 17.5. The molecule has 0 saturated heterocycles. The first kappa shape index (κ1) is 45.2. The molecule has 11 rings (SSSR count). The Hall–Kier alpha value is -9.26. The van der Waals surface area contributed by atoms with Crippen LogP contribution < -0.4 is 28.7 Å². The number of nitrogens with zero attached hydrogens (tertiary/aromatic N) is 2. The third kappa shape index (κ3) is 10.3. The zero-order valence-electron chi connectivity index (χ0n) is 39.8. The molecule has 0 aliphatic heterocycles. The van der Waals surface area contributed by atoms with Gasteiger partial charge in [0.15, 0.2) is 0 Å². The van der Waals surface area contributed by atoms with E-state index in [4.69, 9.17) is 18.9 Å². The second-order valence-corrected chi connectivity index (χ2v) is 17.5. The van der Waals surface area contributed by atoms with Crippen LogP contribution in [-0.4, -0.2) is 0 Å². The molecule has 0 bridgehead atoms. The molecule has 0 heterocycles. The molecule has 0 fully saturated rings. The number of hydrogen-bond acceptors (Lipinski definition) is 6. The molecule has 0 atom stereocenters. The summed E-state index contributed by atoms with van der Waals surface area (Å²) >= 11 is 0. The lowest BCUT2D eigenvalue weighted by Gasteiger charge is -2.33. The van der Waals surface area contributed by atoms with Crippen LogP contribution in [0, 0.1) is 0 Å². The Morgan fingerprint density at radius 2 is 0.403 bits per heavy atom. The average Bonchev–Trinajstić information content (AvgIpc) is 3.46. The number of para-hydroxylation sites is 4. The van der Waals surface area contributed by atoms with Crippen molar-refractivity contribution in [2.45, 2.75) is 26.4 Å². The quantitative estimate of drug-likeness (QED) is 0.0631. The van der Waals surface area contributed by atoms with E-state index in [0.29, 0.717) is 26.4 Å². The zero-order chi connectivity index (χ0) is 48.3. The number of hydrogen-bond donors (Lipinski definition) is 0. The molecule has 0 N–H and O–H groups in total. The number of ether oxygens (including phenoxy) is 4. The van der Waals surface area contributed by atoms with Crippen LogP contribution >= 0.6 is 0 Å². The molecule has 6 nitrogen and oxygen atoms in total. The Bertz CT molecular complexity index is 3020. The number of anilines is 6. The lowest BCUT2D eigenvalue weighted by atomic mass is 9.95. The molecule has 0 amide bonds. The van der Waals surface area contributed by atoms with Crippen molar-refractivity contribution >= 4 is 55.7 Å². The summed E-state index contributed by atoms with van der Waals surface area (Å²) in [6.45, 7) is 1.83. The molecular formula is C66H52N2O4. The molecule has 0 spiro atoms. The highest BCUT2D eigenvalue weighted by Gasteiger charge is 2.25. The van der Waals surface area contributed by atoms with Crippen molar-refractivity contribution in [1.29, 1.82) is 0 Å². The minimum Gasteiger partial charge on any atom is -0.489 e. The predicted octanol–water partition coefficient (Wildman–Crippen LogP) is 17.2. The van der Waals surface area contributed by atoms with Gasteiger partial charge < -0.3 is 28.7 Å². The standard InChI is InChI=1S/C66H52N2O4/c1-5-17-57(18-6-1)69-45-49-29-37-53(38-30-49)67(54-39-31-50(32-40-54)46-70-58-19-7-2-8-20-58)65-61-25-13-15-27-63(61)66(64-28-16-14-26-62(64)65)68(55-41-33-51(34-42-55)47-71-59-21-9-3-10-22-59)56-43-35-52(36-44-56)48-72-60-23-11-4-12-24-60/h1-44H,45-48H2. The molecule has 0 radical (unpaired) electrons. The van der Waals surface area contributed by atoms with Crippen LogP contribution in [0.2, 0.25) is 0 Å². The Labute approximate surface area is 421 Å². The van der Waals surface area contributed by atoms with Gasteiger partial charge >= 0.3 is 0 Å². The predicted molar refractivity (Wildman–Crippen MR) is 294 cm³/mol. The van der Waals surface area contributed by atoms with Crippen molar-refractivity contribution in [3.63, 3.8) is 0 Å². The highest BCUT2D eigenvalue weighted by molar-refractivity contribution is 6.23. The average molecular weight is 937 g/mol.